The van der Waals surface area contributed by atoms with Crippen LogP contribution < -0.4 is 10.8 Å². The van der Waals surface area contributed by atoms with E-state index in [2.05, 4.69) is 10.2 Å². The van der Waals surface area contributed by atoms with Gasteiger partial charge in [-0.2, -0.15) is 0 Å². The number of amides is 2. The Balaban J connectivity index is 1.24. The number of carbonyl (C=O) groups excluding carboxylic acids is 3. The minimum atomic E-state index is -0.630. The van der Waals surface area contributed by atoms with E-state index in [4.69, 9.17) is 19.4 Å². The molecular weight excluding hydrogens is 674 g/mol. The molecule has 0 unspecified atom stereocenters. The van der Waals surface area contributed by atoms with Gasteiger partial charge in [-0.15, -0.1) is 0 Å². The molecule has 0 saturated carbocycles. The van der Waals surface area contributed by atoms with E-state index in [1.54, 1.807) is 5.48 Å². The molecule has 2 aliphatic heterocycles. The Labute approximate surface area is 313 Å². The summed E-state index contributed by atoms with van der Waals surface area (Å²) in [6.07, 6.45) is 4.99. The molecule has 0 spiro atoms. The van der Waals surface area contributed by atoms with E-state index in [0.29, 0.717) is 32.4 Å². The Hall–Kier alpha value is -4.13. The first kappa shape index (κ1) is 40.1. The van der Waals surface area contributed by atoms with Crippen molar-refractivity contribution in [3.8, 4) is 11.1 Å². The number of likely N-dealkylation sites (tertiary alicyclic amines) is 1. The van der Waals surface area contributed by atoms with Crippen LogP contribution in [-0.4, -0.2) is 63.8 Å². The average molecular weight is 730 g/mol. The van der Waals surface area contributed by atoms with E-state index in [9.17, 15) is 19.5 Å². The number of nitrogens with zero attached hydrogens (tertiary/aromatic N) is 1. The van der Waals surface area contributed by atoms with Gasteiger partial charge in [-0.3, -0.25) is 24.5 Å². The normalized spacial score (nSPS) is 20.5. The van der Waals surface area contributed by atoms with E-state index < -0.39 is 11.9 Å². The van der Waals surface area contributed by atoms with Crippen molar-refractivity contribution in [2.24, 2.45) is 0 Å². The van der Waals surface area contributed by atoms with Crippen molar-refractivity contribution in [1.29, 1.82) is 0 Å². The number of hydroxylamine groups is 1. The van der Waals surface area contributed by atoms with Crippen LogP contribution in [0.2, 0.25) is 0 Å². The topological polar surface area (TPSA) is 147 Å². The fourth-order valence-electron chi connectivity index (χ4n) is 7.01. The van der Waals surface area contributed by atoms with Crippen LogP contribution in [0.25, 0.3) is 11.1 Å². The smallest absolute Gasteiger partial charge is 0.323 e. The number of nitrogens with one attached hydrogen (secondary N) is 2. The van der Waals surface area contributed by atoms with Crippen molar-refractivity contribution >= 4 is 17.8 Å². The third-order valence-corrected chi connectivity index (χ3v) is 9.77. The van der Waals surface area contributed by atoms with Crippen LogP contribution >= 0.6 is 0 Å². The molecule has 0 bridgehead atoms. The second-order valence-corrected chi connectivity index (χ2v) is 15.0. The molecule has 11 heteroatoms. The summed E-state index contributed by atoms with van der Waals surface area (Å²) >= 11 is 0. The van der Waals surface area contributed by atoms with E-state index in [1.807, 2.05) is 93.6 Å². The maximum atomic E-state index is 13.1. The van der Waals surface area contributed by atoms with Crippen LogP contribution in [0.15, 0.2) is 72.8 Å². The van der Waals surface area contributed by atoms with E-state index >= 15 is 0 Å². The largest absolute Gasteiger partial charge is 0.459 e. The monoisotopic (exact) mass is 729 g/mol. The zero-order valence-corrected chi connectivity index (χ0v) is 31.2. The van der Waals surface area contributed by atoms with Gasteiger partial charge < -0.3 is 24.6 Å². The lowest BCUT2D eigenvalue weighted by Gasteiger charge is -2.38. The molecule has 2 heterocycles. The van der Waals surface area contributed by atoms with Gasteiger partial charge in [0.25, 0.3) is 0 Å². The molecular formula is C42H55N3O8. The maximum absolute atomic E-state index is 13.1. The second kappa shape index (κ2) is 19.3. The van der Waals surface area contributed by atoms with Crippen molar-refractivity contribution in [1.82, 2.24) is 15.7 Å². The third-order valence-electron chi connectivity index (χ3n) is 9.77. The Morgan fingerprint density at radius 3 is 2.23 bits per heavy atom. The molecule has 0 aliphatic carbocycles. The quantitative estimate of drug-likeness (QED) is 0.0550. The first-order chi connectivity index (χ1) is 25.5. The average Bonchev–Trinajstić information content (AvgIpc) is 3.63. The molecule has 4 atom stereocenters. The highest BCUT2D eigenvalue weighted by Crippen LogP contribution is 2.39. The zero-order valence-electron chi connectivity index (χ0n) is 31.2. The summed E-state index contributed by atoms with van der Waals surface area (Å²) < 4.78 is 19.0. The molecule has 2 fully saturated rings. The number of esters is 1. The predicted molar refractivity (Wildman–Crippen MR) is 200 cm³/mol. The standard InChI is InChI=1S/C42H55N3O8/c1-42(2,3)53-40(49)36-13-10-24-45(36)27-34-25-37(31-18-16-29(28-46)17-19-31)52-41(51-34)32-22-20-30(21-23-32)35-12-9-8-11-33(35)26-43-38(47)14-6-4-5-7-15-39(48)44-50/h8-9,11-12,16-23,34,36-37,41,46,50H,4-7,10,13-15,24-28H2,1-3H3,(H,43,47)(H,44,48)/t34-,36-,37+,41+/m0/s1. The molecule has 5 rings (SSSR count). The number of carbonyl (C=O) groups is 3. The molecule has 2 saturated heterocycles. The number of hydrogen-bond acceptors (Lipinski definition) is 9. The highest BCUT2D eigenvalue weighted by molar-refractivity contribution is 5.77. The fourth-order valence-corrected chi connectivity index (χ4v) is 7.01. The van der Waals surface area contributed by atoms with Crippen LogP contribution in [0.3, 0.4) is 0 Å². The minimum absolute atomic E-state index is 0.0173. The lowest BCUT2D eigenvalue weighted by atomic mass is 9.97. The number of aliphatic hydroxyl groups is 1. The Kier molecular flexibility index (Phi) is 14.6. The van der Waals surface area contributed by atoms with Crippen molar-refractivity contribution < 1.29 is 38.9 Å². The van der Waals surface area contributed by atoms with Gasteiger partial charge >= 0.3 is 5.97 Å². The summed E-state index contributed by atoms with van der Waals surface area (Å²) in [6, 6.07) is 23.7. The van der Waals surface area contributed by atoms with E-state index in [0.717, 1.165) is 72.0 Å². The summed E-state index contributed by atoms with van der Waals surface area (Å²) in [5.74, 6) is -0.597. The summed E-state index contributed by atoms with van der Waals surface area (Å²) in [5, 5.41) is 21.2. The molecule has 3 aromatic rings. The Morgan fingerprint density at radius 1 is 0.868 bits per heavy atom. The maximum Gasteiger partial charge on any atom is 0.323 e. The van der Waals surface area contributed by atoms with Gasteiger partial charge in [0.2, 0.25) is 11.8 Å². The summed E-state index contributed by atoms with van der Waals surface area (Å²) in [5.41, 5.74) is 6.84. The van der Waals surface area contributed by atoms with Gasteiger partial charge in [0.1, 0.15) is 11.6 Å². The summed E-state index contributed by atoms with van der Waals surface area (Å²) in [6.45, 7) is 7.43. The Bertz CT molecular complexity index is 1640. The second-order valence-electron chi connectivity index (χ2n) is 15.0. The minimum Gasteiger partial charge on any atom is -0.459 e. The van der Waals surface area contributed by atoms with Crippen LogP contribution in [0.1, 0.15) is 113 Å². The number of hydrogen-bond donors (Lipinski definition) is 4. The molecule has 2 amide bonds. The molecule has 4 N–H and O–H groups in total. The van der Waals surface area contributed by atoms with Gasteiger partial charge in [0, 0.05) is 37.9 Å². The van der Waals surface area contributed by atoms with E-state index in [1.165, 1.54) is 0 Å². The predicted octanol–water partition coefficient (Wildman–Crippen LogP) is 6.66. The summed E-state index contributed by atoms with van der Waals surface area (Å²) in [7, 11) is 0. The molecule has 3 aromatic carbocycles. The lowest BCUT2D eigenvalue weighted by molar-refractivity contribution is -0.253. The van der Waals surface area contributed by atoms with Crippen molar-refractivity contribution in [3.05, 3.63) is 95.1 Å². The molecule has 0 radical (unpaired) electrons. The lowest BCUT2D eigenvalue weighted by Crippen LogP contribution is -2.45. The number of unbranched alkanes of at least 4 members (excludes halogenated alkanes) is 3. The van der Waals surface area contributed by atoms with Gasteiger partial charge in [-0.05, 0) is 80.8 Å². The van der Waals surface area contributed by atoms with Gasteiger partial charge in [-0.25, -0.2) is 5.48 Å². The first-order valence-electron chi connectivity index (χ1n) is 18.9. The molecule has 11 nitrogen and oxygen atoms in total. The SMILES string of the molecule is CC(C)(C)OC(=O)[C@@H]1CCCN1C[C@@H]1C[C@H](c2ccc(CO)cc2)O[C@H](c2ccc(-c3ccccc3CNC(=O)CCCCCCC(=O)NO)cc2)O1. The molecule has 286 valence electrons. The summed E-state index contributed by atoms with van der Waals surface area (Å²) in [4.78, 5) is 39.0. The molecule has 0 aromatic heterocycles. The first-order valence-corrected chi connectivity index (χ1v) is 18.9. The number of benzene rings is 3. The zero-order chi connectivity index (χ0) is 37.8. The van der Waals surface area contributed by atoms with Crippen molar-refractivity contribution in [2.45, 2.75) is 122 Å². The van der Waals surface area contributed by atoms with Crippen molar-refractivity contribution in [3.63, 3.8) is 0 Å². The van der Waals surface area contributed by atoms with Crippen molar-refractivity contribution in [2.75, 3.05) is 13.1 Å². The van der Waals surface area contributed by atoms with Gasteiger partial charge in [0.15, 0.2) is 6.29 Å². The Morgan fingerprint density at radius 2 is 1.55 bits per heavy atom. The van der Waals surface area contributed by atoms with Crippen LogP contribution in [0.5, 0.6) is 0 Å². The highest BCUT2D eigenvalue weighted by Gasteiger charge is 2.39. The van der Waals surface area contributed by atoms with Gasteiger partial charge in [0.05, 0.1) is 18.8 Å². The van der Waals surface area contributed by atoms with Gasteiger partial charge in [-0.1, -0.05) is 85.6 Å². The molecule has 2 aliphatic rings. The third kappa shape index (κ3) is 11.9. The number of aliphatic hydroxyl groups excluding tert-OH is 1. The number of rotatable bonds is 16. The van der Waals surface area contributed by atoms with Crippen LogP contribution in [0, 0.1) is 0 Å². The number of ether oxygens (including phenoxy) is 3. The van der Waals surface area contributed by atoms with Crippen LogP contribution in [-0.2, 0) is 41.7 Å². The van der Waals surface area contributed by atoms with E-state index in [-0.39, 0.29) is 49.1 Å². The highest BCUT2D eigenvalue weighted by atomic mass is 16.7. The van der Waals surface area contributed by atoms with Crippen LogP contribution in [0.4, 0.5) is 0 Å². The molecule has 53 heavy (non-hydrogen) atoms. The fraction of sp³-hybridized carbons (Fsp3) is 0.500.